The van der Waals surface area contributed by atoms with Gasteiger partial charge in [0, 0.05) is 30.8 Å². The van der Waals surface area contributed by atoms with Crippen LogP contribution in [0.4, 0.5) is 4.39 Å². The summed E-state index contributed by atoms with van der Waals surface area (Å²) in [5, 5.41) is 3.96. The SMILES string of the molecule is O=C1C(=O)N(C2CCC2)CCN1Cc1cc(-c2ccc(F)cc2)on1. The Morgan fingerprint density at radius 3 is 2.56 bits per heavy atom. The van der Waals surface area contributed by atoms with E-state index in [-0.39, 0.29) is 18.4 Å². The van der Waals surface area contributed by atoms with E-state index in [1.54, 1.807) is 23.1 Å². The van der Waals surface area contributed by atoms with Gasteiger partial charge in [0.2, 0.25) is 0 Å². The summed E-state index contributed by atoms with van der Waals surface area (Å²) in [6, 6.07) is 7.84. The number of carbonyl (C=O) groups is 2. The molecule has 2 aromatic rings. The Balaban J connectivity index is 1.43. The highest BCUT2D eigenvalue weighted by molar-refractivity contribution is 6.35. The lowest BCUT2D eigenvalue weighted by atomic mass is 9.91. The van der Waals surface area contributed by atoms with Crippen molar-refractivity contribution >= 4 is 11.8 Å². The van der Waals surface area contributed by atoms with Gasteiger partial charge in [-0.3, -0.25) is 9.59 Å². The summed E-state index contributed by atoms with van der Waals surface area (Å²) in [6.07, 6.45) is 3.10. The van der Waals surface area contributed by atoms with Crippen LogP contribution in [0.25, 0.3) is 11.3 Å². The van der Waals surface area contributed by atoms with Crippen molar-refractivity contribution in [1.29, 1.82) is 0 Å². The van der Waals surface area contributed by atoms with Crippen LogP contribution in [0.3, 0.4) is 0 Å². The molecule has 2 heterocycles. The largest absolute Gasteiger partial charge is 0.356 e. The first kappa shape index (κ1) is 15.8. The van der Waals surface area contributed by atoms with E-state index in [9.17, 15) is 14.0 Å². The number of hydrogen-bond donors (Lipinski definition) is 0. The van der Waals surface area contributed by atoms with Crippen LogP contribution >= 0.6 is 0 Å². The lowest BCUT2D eigenvalue weighted by Crippen LogP contribution is -2.58. The average Bonchev–Trinajstić information content (AvgIpc) is 3.02. The van der Waals surface area contributed by atoms with E-state index in [1.165, 1.54) is 17.0 Å². The van der Waals surface area contributed by atoms with Gasteiger partial charge in [-0.2, -0.15) is 0 Å². The zero-order chi connectivity index (χ0) is 17.4. The minimum atomic E-state index is -0.482. The third-order valence-corrected chi connectivity index (χ3v) is 4.90. The Morgan fingerprint density at radius 2 is 1.88 bits per heavy atom. The Kier molecular flexibility index (Phi) is 3.99. The summed E-state index contributed by atoms with van der Waals surface area (Å²) in [6.45, 7) is 1.30. The smallest absolute Gasteiger partial charge is 0.312 e. The molecule has 0 bridgehead atoms. The van der Waals surface area contributed by atoms with E-state index in [0.717, 1.165) is 19.3 Å². The molecule has 1 saturated heterocycles. The number of piperazine rings is 1. The molecule has 1 aromatic carbocycles. The van der Waals surface area contributed by atoms with E-state index in [2.05, 4.69) is 5.16 Å². The van der Waals surface area contributed by atoms with Gasteiger partial charge in [-0.15, -0.1) is 0 Å². The quantitative estimate of drug-likeness (QED) is 0.798. The molecule has 0 spiro atoms. The molecular weight excluding hydrogens is 325 g/mol. The van der Waals surface area contributed by atoms with Crippen LogP contribution in [-0.4, -0.2) is 45.9 Å². The molecule has 1 aromatic heterocycles. The van der Waals surface area contributed by atoms with E-state index in [4.69, 9.17) is 4.52 Å². The lowest BCUT2D eigenvalue weighted by molar-refractivity contribution is -0.159. The van der Waals surface area contributed by atoms with Gasteiger partial charge < -0.3 is 14.3 Å². The van der Waals surface area contributed by atoms with Crippen LogP contribution in [0.1, 0.15) is 25.0 Å². The molecule has 0 radical (unpaired) electrons. The van der Waals surface area contributed by atoms with E-state index >= 15 is 0 Å². The van der Waals surface area contributed by atoms with Gasteiger partial charge in [-0.1, -0.05) is 5.16 Å². The maximum Gasteiger partial charge on any atom is 0.312 e. The normalized spacial score (nSPS) is 18.6. The molecule has 1 saturated carbocycles. The third-order valence-electron chi connectivity index (χ3n) is 4.90. The molecule has 0 unspecified atom stereocenters. The molecule has 130 valence electrons. The highest BCUT2D eigenvalue weighted by Gasteiger charge is 2.38. The van der Waals surface area contributed by atoms with Gasteiger partial charge >= 0.3 is 11.8 Å². The summed E-state index contributed by atoms with van der Waals surface area (Å²) in [7, 11) is 0. The molecule has 2 aliphatic rings. The molecule has 7 heteroatoms. The van der Waals surface area contributed by atoms with Gasteiger partial charge in [0.1, 0.15) is 11.5 Å². The number of hydrogen-bond acceptors (Lipinski definition) is 4. The number of halogens is 1. The van der Waals surface area contributed by atoms with Gasteiger partial charge in [-0.05, 0) is 43.5 Å². The first-order chi connectivity index (χ1) is 12.1. The van der Waals surface area contributed by atoms with E-state index < -0.39 is 11.8 Å². The molecule has 2 fully saturated rings. The van der Waals surface area contributed by atoms with Crippen molar-refractivity contribution in [2.24, 2.45) is 0 Å². The molecule has 2 amide bonds. The van der Waals surface area contributed by atoms with Crippen LogP contribution in [-0.2, 0) is 16.1 Å². The van der Waals surface area contributed by atoms with Gasteiger partial charge in [-0.25, -0.2) is 4.39 Å². The fourth-order valence-electron chi connectivity index (χ4n) is 3.22. The number of nitrogens with zero attached hydrogens (tertiary/aromatic N) is 3. The van der Waals surface area contributed by atoms with Gasteiger partial charge in [0.25, 0.3) is 0 Å². The monoisotopic (exact) mass is 343 g/mol. The standard InChI is InChI=1S/C18H18FN3O3/c19-13-6-4-12(5-7-13)16-10-14(20-25-16)11-21-8-9-22(15-2-1-3-15)18(24)17(21)23/h4-7,10,15H,1-3,8-9,11H2. The van der Waals surface area contributed by atoms with E-state index in [0.29, 0.717) is 30.1 Å². The predicted octanol–water partition coefficient (Wildman–Crippen LogP) is 2.20. The minimum absolute atomic E-state index is 0.230. The predicted molar refractivity (Wildman–Crippen MR) is 86.7 cm³/mol. The zero-order valence-corrected chi connectivity index (χ0v) is 13.7. The Labute approximate surface area is 144 Å². The second-order valence-corrected chi connectivity index (χ2v) is 6.50. The molecule has 0 atom stereocenters. The summed E-state index contributed by atoms with van der Waals surface area (Å²) in [5.74, 6) is -0.721. The molecule has 25 heavy (non-hydrogen) atoms. The minimum Gasteiger partial charge on any atom is -0.356 e. The van der Waals surface area contributed by atoms with Crippen molar-refractivity contribution in [3.8, 4) is 11.3 Å². The Morgan fingerprint density at radius 1 is 1.12 bits per heavy atom. The van der Waals surface area contributed by atoms with Crippen molar-refractivity contribution in [2.45, 2.75) is 31.8 Å². The second-order valence-electron chi connectivity index (χ2n) is 6.50. The topological polar surface area (TPSA) is 66.7 Å². The Hall–Kier alpha value is -2.70. The van der Waals surface area contributed by atoms with Crippen molar-refractivity contribution in [2.75, 3.05) is 13.1 Å². The number of benzene rings is 1. The molecule has 1 aliphatic carbocycles. The number of aromatic nitrogens is 1. The van der Waals surface area contributed by atoms with E-state index in [1.807, 2.05) is 0 Å². The second kappa shape index (κ2) is 6.31. The fraction of sp³-hybridized carbons (Fsp3) is 0.389. The Bertz CT molecular complexity index is 798. The van der Waals surface area contributed by atoms with Crippen LogP contribution < -0.4 is 0 Å². The highest BCUT2D eigenvalue weighted by Crippen LogP contribution is 2.27. The highest BCUT2D eigenvalue weighted by atomic mass is 19.1. The maximum atomic E-state index is 13.0. The zero-order valence-electron chi connectivity index (χ0n) is 13.7. The summed E-state index contributed by atoms with van der Waals surface area (Å²) < 4.78 is 18.3. The number of rotatable bonds is 4. The summed E-state index contributed by atoms with van der Waals surface area (Å²) in [5.41, 5.74) is 1.27. The molecule has 1 aliphatic heterocycles. The molecule has 6 nitrogen and oxygen atoms in total. The van der Waals surface area contributed by atoms with Crippen LogP contribution in [0.2, 0.25) is 0 Å². The molecule has 4 rings (SSSR count). The van der Waals surface area contributed by atoms with Crippen molar-refractivity contribution < 1.29 is 18.5 Å². The van der Waals surface area contributed by atoms with Gasteiger partial charge in [0.05, 0.1) is 6.54 Å². The lowest BCUT2D eigenvalue weighted by Gasteiger charge is -2.41. The third kappa shape index (κ3) is 3.01. The van der Waals surface area contributed by atoms with Crippen molar-refractivity contribution in [3.05, 3.63) is 41.8 Å². The first-order valence-electron chi connectivity index (χ1n) is 8.43. The van der Waals surface area contributed by atoms with Crippen molar-refractivity contribution in [1.82, 2.24) is 15.0 Å². The summed E-state index contributed by atoms with van der Waals surface area (Å²) >= 11 is 0. The first-order valence-corrected chi connectivity index (χ1v) is 8.43. The average molecular weight is 343 g/mol. The van der Waals surface area contributed by atoms with Gasteiger partial charge in [0.15, 0.2) is 5.76 Å². The fourth-order valence-corrected chi connectivity index (χ4v) is 3.22. The molecule has 0 N–H and O–H groups in total. The van der Waals surface area contributed by atoms with Crippen molar-refractivity contribution in [3.63, 3.8) is 0 Å². The maximum absolute atomic E-state index is 13.0. The summed E-state index contributed by atoms with van der Waals surface area (Å²) in [4.78, 5) is 27.8. The number of carbonyl (C=O) groups excluding carboxylic acids is 2. The van der Waals surface area contributed by atoms with Crippen LogP contribution in [0.5, 0.6) is 0 Å². The van der Waals surface area contributed by atoms with Crippen LogP contribution in [0, 0.1) is 5.82 Å². The molecular formula is C18H18FN3O3. The number of amides is 2. The van der Waals surface area contributed by atoms with Crippen LogP contribution in [0.15, 0.2) is 34.9 Å².